The van der Waals surface area contributed by atoms with E-state index >= 15 is 0 Å². The van der Waals surface area contributed by atoms with Gasteiger partial charge in [0, 0.05) is 4.90 Å². The number of hydrogen-bond donors (Lipinski definition) is 0. The number of hydrogen-bond acceptors (Lipinski definition) is 3. The SMILES string of the molecule is COc1ccc(C2C=[N+]([O-])OC(C)(C)C2)cc1. The maximum atomic E-state index is 11.4. The van der Waals surface area contributed by atoms with Gasteiger partial charge in [0.2, 0.25) is 6.21 Å². The first-order valence-electron chi connectivity index (χ1n) is 5.65. The molecule has 1 unspecified atom stereocenters. The third kappa shape index (κ3) is 2.70. The van der Waals surface area contributed by atoms with Crippen LogP contribution in [0.4, 0.5) is 0 Å². The monoisotopic (exact) mass is 235 g/mol. The summed E-state index contributed by atoms with van der Waals surface area (Å²) in [5, 5.41) is 11.4. The molecule has 0 saturated carbocycles. The van der Waals surface area contributed by atoms with E-state index < -0.39 is 5.60 Å². The minimum absolute atomic E-state index is 0.0853. The Bertz CT molecular complexity index is 423. The largest absolute Gasteiger partial charge is 0.497 e. The zero-order valence-corrected chi connectivity index (χ0v) is 10.3. The molecule has 1 aliphatic heterocycles. The molecule has 2 rings (SSSR count). The van der Waals surface area contributed by atoms with Crippen molar-refractivity contribution in [1.82, 2.24) is 0 Å². The Morgan fingerprint density at radius 3 is 2.53 bits per heavy atom. The normalized spacial score (nSPS) is 22.5. The molecule has 1 heterocycles. The molecule has 4 nitrogen and oxygen atoms in total. The van der Waals surface area contributed by atoms with Crippen molar-refractivity contribution in [2.75, 3.05) is 7.11 Å². The summed E-state index contributed by atoms with van der Waals surface area (Å²) in [6.07, 6.45) is 2.35. The standard InChI is InChI=1S/C13H17NO3/c1-13(2)8-11(9-14(15)17-13)10-4-6-12(16-3)7-5-10/h4-7,9,11H,8H2,1-3H3. The summed E-state index contributed by atoms with van der Waals surface area (Å²) >= 11 is 0. The van der Waals surface area contributed by atoms with E-state index in [0.717, 1.165) is 17.7 Å². The van der Waals surface area contributed by atoms with Crippen LogP contribution in [0.25, 0.3) is 0 Å². The fraction of sp³-hybridized carbons (Fsp3) is 0.462. The molecule has 0 amide bonds. The molecule has 1 aliphatic rings. The van der Waals surface area contributed by atoms with E-state index in [0.29, 0.717) is 4.90 Å². The van der Waals surface area contributed by atoms with Gasteiger partial charge < -0.3 is 9.57 Å². The lowest BCUT2D eigenvalue weighted by Gasteiger charge is -2.33. The maximum absolute atomic E-state index is 11.4. The number of benzene rings is 1. The predicted octanol–water partition coefficient (Wildman–Crippen LogP) is 2.47. The van der Waals surface area contributed by atoms with Gasteiger partial charge in [-0.15, -0.1) is 0 Å². The Labute approximate surface area is 101 Å². The van der Waals surface area contributed by atoms with Crippen LogP contribution in [0, 0.1) is 5.21 Å². The highest BCUT2D eigenvalue weighted by atomic mass is 16.9. The molecule has 4 heteroatoms. The first-order valence-corrected chi connectivity index (χ1v) is 5.65. The van der Waals surface area contributed by atoms with Gasteiger partial charge >= 0.3 is 0 Å². The van der Waals surface area contributed by atoms with E-state index in [1.165, 1.54) is 0 Å². The molecule has 0 aliphatic carbocycles. The molecule has 0 saturated heterocycles. The van der Waals surface area contributed by atoms with E-state index in [4.69, 9.17) is 9.57 Å². The van der Waals surface area contributed by atoms with Crippen molar-refractivity contribution in [3.8, 4) is 5.75 Å². The second-order valence-electron chi connectivity index (χ2n) is 4.87. The van der Waals surface area contributed by atoms with Gasteiger partial charge in [-0.05, 0) is 38.0 Å². The van der Waals surface area contributed by atoms with Gasteiger partial charge in [0.05, 0.1) is 18.6 Å². The van der Waals surface area contributed by atoms with Gasteiger partial charge in [0.1, 0.15) is 5.75 Å². The summed E-state index contributed by atoms with van der Waals surface area (Å²) in [5.41, 5.74) is 0.671. The van der Waals surface area contributed by atoms with Crippen LogP contribution in [0.3, 0.4) is 0 Å². The highest BCUT2D eigenvalue weighted by molar-refractivity contribution is 5.64. The lowest BCUT2D eigenvalue weighted by Crippen LogP contribution is -2.36. The van der Waals surface area contributed by atoms with Gasteiger partial charge in [-0.1, -0.05) is 12.1 Å². The van der Waals surface area contributed by atoms with Gasteiger partial charge in [-0.25, -0.2) is 0 Å². The van der Waals surface area contributed by atoms with Crippen LogP contribution in [-0.4, -0.2) is 23.8 Å². The van der Waals surface area contributed by atoms with Gasteiger partial charge in [-0.2, -0.15) is 0 Å². The van der Waals surface area contributed by atoms with Gasteiger partial charge in [0.15, 0.2) is 0 Å². The molecule has 92 valence electrons. The number of nitrogens with zero attached hydrogens (tertiary/aromatic N) is 1. The molecule has 0 spiro atoms. The summed E-state index contributed by atoms with van der Waals surface area (Å²) in [7, 11) is 1.64. The molecular formula is C13H17NO3. The minimum Gasteiger partial charge on any atom is -0.497 e. The molecule has 0 radical (unpaired) electrons. The van der Waals surface area contributed by atoms with E-state index in [1.54, 1.807) is 13.3 Å². The maximum Gasteiger partial charge on any atom is 0.217 e. The highest BCUT2D eigenvalue weighted by Crippen LogP contribution is 2.31. The molecule has 17 heavy (non-hydrogen) atoms. The van der Waals surface area contributed by atoms with Crippen molar-refractivity contribution in [3.63, 3.8) is 0 Å². The van der Waals surface area contributed by atoms with E-state index in [1.807, 2.05) is 38.1 Å². The third-order valence-electron chi connectivity index (χ3n) is 2.89. The fourth-order valence-electron chi connectivity index (χ4n) is 2.10. The van der Waals surface area contributed by atoms with Crippen LogP contribution in [0.5, 0.6) is 5.75 Å². The zero-order chi connectivity index (χ0) is 12.5. The molecule has 1 aromatic rings. The van der Waals surface area contributed by atoms with Gasteiger partial charge in [-0.3, -0.25) is 5.21 Å². The zero-order valence-electron chi connectivity index (χ0n) is 10.3. The summed E-state index contributed by atoms with van der Waals surface area (Å²) < 4.78 is 5.11. The number of ether oxygens (including phenoxy) is 1. The van der Waals surface area contributed by atoms with E-state index in [-0.39, 0.29) is 5.92 Å². The van der Waals surface area contributed by atoms with Crippen LogP contribution in [0.2, 0.25) is 0 Å². The molecule has 1 atom stereocenters. The Hall–Kier alpha value is -1.71. The molecule has 1 aromatic carbocycles. The van der Waals surface area contributed by atoms with Crippen molar-refractivity contribution in [3.05, 3.63) is 35.0 Å². The topological polar surface area (TPSA) is 44.5 Å². The first kappa shape index (κ1) is 11.8. The van der Waals surface area contributed by atoms with Crippen LogP contribution in [-0.2, 0) is 4.84 Å². The van der Waals surface area contributed by atoms with Crippen molar-refractivity contribution in [2.24, 2.45) is 0 Å². The van der Waals surface area contributed by atoms with Crippen molar-refractivity contribution >= 4 is 6.21 Å². The van der Waals surface area contributed by atoms with E-state index in [9.17, 15) is 5.21 Å². The third-order valence-corrected chi connectivity index (χ3v) is 2.89. The molecule has 0 N–H and O–H groups in total. The molecule has 0 fully saturated rings. The summed E-state index contributed by atoms with van der Waals surface area (Å²) in [4.78, 5) is 5.74. The Kier molecular flexibility index (Phi) is 2.96. The summed E-state index contributed by atoms with van der Waals surface area (Å²) in [5.74, 6) is 0.904. The minimum atomic E-state index is -0.429. The van der Waals surface area contributed by atoms with Crippen molar-refractivity contribution in [1.29, 1.82) is 0 Å². The highest BCUT2D eigenvalue weighted by Gasteiger charge is 2.31. The van der Waals surface area contributed by atoms with Crippen LogP contribution in [0.15, 0.2) is 24.3 Å². The average Bonchev–Trinajstić information content (AvgIpc) is 2.26. The molecule has 0 aromatic heterocycles. The Morgan fingerprint density at radius 1 is 1.35 bits per heavy atom. The lowest BCUT2D eigenvalue weighted by molar-refractivity contribution is -0.766. The quantitative estimate of drug-likeness (QED) is 0.740. The number of rotatable bonds is 2. The first-order chi connectivity index (χ1) is 8.00. The predicted molar refractivity (Wildman–Crippen MR) is 65.2 cm³/mol. The second-order valence-corrected chi connectivity index (χ2v) is 4.87. The Balaban J connectivity index is 2.24. The Morgan fingerprint density at radius 2 is 2.00 bits per heavy atom. The van der Waals surface area contributed by atoms with Crippen LogP contribution < -0.4 is 4.74 Å². The van der Waals surface area contributed by atoms with Gasteiger partial charge in [0.25, 0.3) is 0 Å². The molecule has 0 bridgehead atoms. The van der Waals surface area contributed by atoms with E-state index in [2.05, 4.69) is 0 Å². The molecular weight excluding hydrogens is 218 g/mol. The average molecular weight is 235 g/mol. The smallest absolute Gasteiger partial charge is 0.217 e. The fourth-order valence-corrected chi connectivity index (χ4v) is 2.10. The summed E-state index contributed by atoms with van der Waals surface area (Å²) in [6, 6.07) is 7.77. The van der Waals surface area contributed by atoms with Crippen molar-refractivity contribution in [2.45, 2.75) is 31.8 Å². The second kappa shape index (κ2) is 4.28. The van der Waals surface area contributed by atoms with Crippen molar-refractivity contribution < 1.29 is 14.5 Å². The van der Waals surface area contributed by atoms with Crippen LogP contribution in [0.1, 0.15) is 31.7 Å². The summed E-state index contributed by atoms with van der Waals surface area (Å²) in [6.45, 7) is 3.84. The van der Waals surface area contributed by atoms with Crippen LogP contribution >= 0.6 is 0 Å². The lowest BCUT2D eigenvalue weighted by atomic mass is 9.88. The number of methoxy groups -OCH3 is 1.